The first-order chi connectivity index (χ1) is 8.58. The molecule has 0 bridgehead atoms. The zero-order valence-corrected chi connectivity index (χ0v) is 9.64. The molecule has 1 heterocycles. The number of amides is 2. The van der Waals surface area contributed by atoms with Gasteiger partial charge in [0, 0.05) is 0 Å². The summed E-state index contributed by atoms with van der Waals surface area (Å²) >= 11 is 0. The van der Waals surface area contributed by atoms with E-state index in [4.69, 9.17) is 10.2 Å². The van der Waals surface area contributed by atoms with E-state index >= 15 is 0 Å². The maximum atomic E-state index is 12.1. The van der Waals surface area contributed by atoms with Crippen LogP contribution < -0.4 is 16.6 Å². The lowest BCUT2D eigenvalue weighted by molar-refractivity contribution is 0.249. The molecule has 1 aromatic carbocycles. The van der Waals surface area contributed by atoms with Crippen molar-refractivity contribution >= 4 is 23.2 Å². The summed E-state index contributed by atoms with van der Waals surface area (Å²) in [5, 5.41) is 3.99. The third-order valence-corrected chi connectivity index (χ3v) is 2.33. The summed E-state index contributed by atoms with van der Waals surface area (Å²) in [5.41, 5.74) is 8.34. The Morgan fingerprint density at radius 2 is 2.28 bits per heavy atom. The average Bonchev–Trinajstić information content (AvgIpc) is 2.32. The summed E-state index contributed by atoms with van der Waals surface area (Å²) in [6, 6.07) is 4.52. The van der Waals surface area contributed by atoms with Crippen molar-refractivity contribution in [1.29, 1.82) is 0 Å². The minimum Gasteiger partial charge on any atom is -0.463 e. The smallest absolute Gasteiger partial charge is 0.332 e. The quantitative estimate of drug-likeness (QED) is 0.612. The van der Waals surface area contributed by atoms with Crippen LogP contribution in [0.2, 0.25) is 0 Å². The van der Waals surface area contributed by atoms with E-state index < -0.39 is 6.03 Å². The van der Waals surface area contributed by atoms with Gasteiger partial charge in [-0.3, -0.25) is 4.79 Å². The number of nitrogens with two attached hydrogens (primary N) is 1. The molecule has 6 heteroatoms. The van der Waals surface area contributed by atoms with Crippen LogP contribution in [-0.2, 0) is 0 Å². The number of carbonyl (C=O) groups is 1. The first kappa shape index (κ1) is 11.8. The second-order valence-electron chi connectivity index (χ2n) is 3.75. The Morgan fingerprint density at radius 3 is 3.00 bits per heavy atom. The number of urea groups is 1. The molecule has 0 saturated heterocycles. The molecule has 0 spiro atoms. The number of fused-ring (bicyclic) bond motifs is 1. The zero-order chi connectivity index (χ0) is 13.1. The van der Waals surface area contributed by atoms with Crippen molar-refractivity contribution in [3.63, 3.8) is 0 Å². The molecule has 2 amide bonds. The molecule has 92 valence electrons. The Balaban J connectivity index is 2.47. The molecule has 0 unspecified atom stereocenters. The van der Waals surface area contributed by atoms with Gasteiger partial charge in [-0.05, 0) is 19.1 Å². The van der Waals surface area contributed by atoms with Gasteiger partial charge >= 0.3 is 6.03 Å². The highest BCUT2D eigenvalue weighted by molar-refractivity contribution is 5.87. The van der Waals surface area contributed by atoms with Gasteiger partial charge in [0.05, 0.1) is 17.2 Å². The van der Waals surface area contributed by atoms with E-state index in [1.54, 1.807) is 12.1 Å². The topological polar surface area (TPSA) is 97.7 Å². The highest BCUT2D eigenvalue weighted by Crippen LogP contribution is 2.12. The average molecular weight is 245 g/mol. The van der Waals surface area contributed by atoms with Gasteiger partial charge in [0.2, 0.25) is 5.43 Å². The van der Waals surface area contributed by atoms with E-state index in [0.29, 0.717) is 11.0 Å². The fourth-order valence-electron chi connectivity index (χ4n) is 1.51. The lowest BCUT2D eigenvalue weighted by Crippen LogP contribution is -2.24. The molecule has 0 atom stereocenters. The van der Waals surface area contributed by atoms with Gasteiger partial charge in [-0.1, -0.05) is 11.6 Å². The maximum absolute atomic E-state index is 12.1. The summed E-state index contributed by atoms with van der Waals surface area (Å²) in [6.45, 7) is 1.88. The SMILES string of the molecule is Cc1ccc2occ(C=NNC(N)=O)c(=O)c2c1. The fraction of sp³-hybridized carbons (Fsp3) is 0.0833. The van der Waals surface area contributed by atoms with Gasteiger partial charge in [0.1, 0.15) is 11.8 Å². The van der Waals surface area contributed by atoms with E-state index in [1.807, 2.05) is 18.4 Å². The van der Waals surface area contributed by atoms with Gasteiger partial charge in [-0.25, -0.2) is 10.2 Å². The van der Waals surface area contributed by atoms with Crippen molar-refractivity contribution in [2.24, 2.45) is 10.8 Å². The van der Waals surface area contributed by atoms with Crippen LogP contribution in [0, 0.1) is 6.92 Å². The molecular formula is C12H11N3O3. The highest BCUT2D eigenvalue weighted by Gasteiger charge is 2.05. The van der Waals surface area contributed by atoms with Gasteiger partial charge in [-0.15, -0.1) is 0 Å². The molecule has 0 fully saturated rings. The number of rotatable bonds is 2. The Bertz CT molecular complexity index is 689. The second-order valence-corrected chi connectivity index (χ2v) is 3.75. The number of aryl methyl sites for hydroxylation is 1. The van der Waals surface area contributed by atoms with Gasteiger partial charge < -0.3 is 10.2 Å². The Hall–Kier alpha value is -2.63. The number of hydrogen-bond donors (Lipinski definition) is 2. The standard InChI is InChI=1S/C12H11N3O3/c1-7-2-3-10-9(4-7)11(16)8(6-18-10)5-14-15-12(13)17/h2-6H,1H3,(H3,13,15,17). The summed E-state index contributed by atoms with van der Waals surface area (Å²) in [4.78, 5) is 22.5. The van der Waals surface area contributed by atoms with E-state index in [0.717, 1.165) is 5.56 Å². The molecule has 6 nitrogen and oxygen atoms in total. The molecule has 1 aromatic heterocycles. The van der Waals surface area contributed by atoms with E-state index in [1.165, 1.54) is 12.5 Å². The Kier molecular flexibility index (Phi) is 3.09. The van der Waals surface area contributed by atoms with E-state index in [-0.39, 0.29) is 11.0 Å². The molecular weight excluding hydrogens is 234 g/mol. The van der Waals surface area contributed by atoms with Gasteiger partial charge in [-0.2, -0.15) is 5.10 Å². The lowest BCUT2D eigenvalue weighted by atomic mass is 10.1. The third-order valence-electron chi connectivity index (χ3n) is 2.33. The molecule has 0 aliphatic rings. The van der Waals surface area contributed by atoms with Crippen molar-refractivity contribution in [2.45, 2.75) is 6.92 Å². The van der Waals surface area contributed by atoms with Crippen molar-refractivity contribution in [3.05, 3.63) is 45.8 Å². The predicted octanol–water partition coefficient (Wildman–Crippen LogP) is 1.10. The molecule has 0 saturated carbocycles. The highest BCUT2D eigenvalue weighted by atomic mass is 16.3. The minimum absolute atomic E-state index is 0.213. The van der Waals surface area contributed by atoms with Crippen LogP contribution in [-0.4, -0.2) is 12.2 Å². The number of nitrogens with one attached hydrogen (secondary N) is 1. The zero-order valence-electron chi connectivity index (χ0n) is 9.64. The Morgan fingerprint density at radius 1 is 1.50 bits per heavy atom. The van der Waals surface area contributed by atoms with Crippen molar-refractivity contribution in [2.75, 3.05) is 0 Å². The molecule has 0 aliphatic carbocycles. The lowest BCUT2D eigenvalue weighted by Gasteiger charge is -1.99. The van der Waals surface area contributed by atoms with Crippen LogP contribution in [0.25, 0.3) is 11.0 Å². The van der Waals surface area contributed by atoms with Crippen LogP contribution in [0.4, 0.5) is 4.79 Å². The normalized spacial score (nSPS) is 10.9. The van der Waals surface area contributed by atoms with Crippen LogP contribution in [0.1, 0.15) is 11.1 Å². The molecule has 0 aliphatic heterocycles. The van der Waals surface area contributed by atoms with E-state index in [2.05, 4.69) is 5.10 Å². The number of hydrogen-bond acceptors (Lipinski definition) is 4. The van der Waals surface area contributed by atoms with Crippen molar-refractivity contribution < 1.29 is 9.21 Å². The summed E-state index contributed by atoms with van der Waals surface area (Å²) in [5.74, 6) is 0. The largest absolute Gasteiger partial charge is 0.463 e. The van der Waals surface area contributed by atoms with E-state index in [9.17, 15) is 9.59 Å². The van der Waals surface area contributed by atoms with Gasteiger partial charge in [0.15, 0.2) is 0 Å². The molecule has 18 heavy (non-hydrogen) atoms. The fourth-order valence-corrected chi connectivity index (χ4v) is 1.51. The summed E-state index contributed by atoms with van der Waals surface area (Å²) < 4.78 is 5.30. The number of primary amides is 1. The second kappa shape index (κ2) is 4.70. The monoisotopic (exact) mass is 245 g/mol. The summed E-state index contributed by atoms with van der Waals surface area (Å²) in [6.07, 6.45) is 2.48. The summed E-state index contributed by atoms with van der Waals surface area (Å²) in [7, 11) is 0. The number of carbonyl (C=O) groups excluding carboxylic acids is 1. The van der Waals surface area contributed by atoms with Gasteiger partial charge in [0.25, 0.3) is 0 Å². The van der Waals surface area contributed by atoms with Crippen molar-refractivity contribution in [3.8, 4) is 0 Å². The Labute approximate surface area is 102 Å². The minimum atomic E-state index is -0.799. The van der Waals surface area contributed by atoms with Crippen LogP contribution in [0.3, 0.4) is 0 Å². The van der Waals surface area contributed by atoms with Crippen LogP contribution >= 0.6 is 0 Å². The molecule has 2 aromatic rings. The van der Waals surface area contributed by atoms with Crippen molar-refractivity contribution in [1.82, 2.24) is 5.43 Å². The van der Waals surface area contributed by atoms with Crippen LogP contribution in [0.5, 0.6) is 0 Å². The van der Waals surface area contributed by atoms with Crippen LogP contribution in [0.15, 0.2) is 38.8 Å². The molecule has 3 N–H and O–H groups in total. The number of nitrogens with zero attached hydrogens (tertiary/aromatic N) is 1. The maximum Gasteiger partial charge on any atom is 0.332 e. The third kappa shape index (κ3) is 2.37. The number of benzene rings is 1. The first-order valence-corrected chi connectivity index (χ1v) is 5.18. The number of hydrazone groups is 1. The molecule has 2 rings (SSSR count). The predicted molar refractivity (Wildman–Crippen MR) is 67.5 cm³/mol. The molecule has 0 radical (unpaired) electrons. The first-order valence-electron chi connectivity index (χ1n) is 5.18.